The third-order valence-electron chi connectivity index (χ3n) is 4.84. The molecule has 0 saturated carbocycles. The van der Waals surface area contributed by atoms with Crippen LogP contribution < -0.4 is 15.4 Å². The number of hydrogen-bond acceptors (Lipinski definition) is 4. The van der Waals surface area contributed by atoms with Crippen molar-refractivity contribution in [3.63, 3.8) is 0 Å². The van der Waals surface area contributed by atoms with E-state index in [1.165, 1.54) is 0 Å². The minimum absolute atomic E-state index is 0. The van der Waals surface area contributed by atoms with Crippen molar-refractivity contribution >= 4 is 18.3 Å². The van der Waals surface area contributed by atoms with E-state index in [-0.39, 0.29) is 24.2 Å². The Morgan fingerprint density at radius 3 is 2.58 bits per heavy atom. The van der Waals surface area contributed by atoms with Gasteiger partial charge in [-0.15, -0.1) is 12.4 Å². The maximum absolute atomic E-state index is 12.6. The molecular weight excluding hydrogens is 354 g/mol. The summed E-state index contributed by atoms with van der Waals surface area (Å²) in [5.41, 5.74) is 3.54. The first-order chi connectivity index (χ1) is 12.0. The largest absolute Gasteiger partial charge is 0.497 e. The van der Waals surface area contributed by atoms with Crippen molar-refractivity contribution in [2.45, 2.75) is 20.0 Å². The molecule has 142 valence electrons. The second-order valence-corrected chi connectivity index (χ2v) is 6.51. The number of rotatable bonds is 5. The number of nitrogens with one attached hydrogen (secondary N) is 2. The molecule has 3 N–H and O–H groups in total. The second kappa shape index (κ2) is 8.58. The number of aliphatic hydroxyl groups is 1. The summed E-state index contributed by atoms with van der Waals surface area (Å²) in [6, 6.07) is 9.66. The molecule has 1 saturated heterocycles. The number of methoxy groups -OCH3 is 1. The molecule has 2 unspecified atom stereocenters. The summed E-state index contributed by atoms with van der Waals surface area (Å²) in [7, 11) is 1.64. The Bertz CT molecular complexity index is 758. The van der Waals surface area contributed by atoms with Crippen molar-refractivity contribution in [3.05, 3.63) is 47.3 Å². The van der Waals surface area contributed by atoms with Gasteiger partial charge in [0.05, 0.1) is 18.8 Å². The number of aliphatic hydroxyl groups excluding tert-OH is 1. The third-order valence-corrected chi connectivity index (χ3v) is 4.84. The van der Waals surface area contributed by atoms with E-state index >= 15 is 0 Å². The van der Waals surface area contributed by atoms with Crippen LogP contribution in [0.5, 0.6) is 5.75 Å². The third kappa shape index (κ3) is 4.03. The van der Waals surface area contributed by atoms with Crippen LogP contribution in [0, 0.1) is 19.8 Å². The van der Waals surface area contributed by atoms with Gasteiger partial charge in [-0.3, -0.25) is 4.79 Å². The first kappa shape index (κ1) is 20.3. The Kier molecular flexibility index (Phi) is 6.69. The quantitative estimate of drug-likeness (QED) is 0.741. The molecule has 1 aliphatic heterocycles. The Labute approximate surface area is 160 Å². The fourth-order valence-electron chi connectivity index (χ4n) is 3.37. The van der Waals surface area contributed by atoms with Crippen molar-refractivity contribution in [1.29, 1.82) is 0 Å². The average Bonchev–Trinajstić information content (AvgIpc) is 3.15. The monoisotopic (exact) mass is 379 g/mol. The molecule has 0 aliphatic carbocycles. The molecule has 3 rings (SSSR count). The number of halogens is 1. The van der Waals surface area contributed by atoms with Gasteiger partial charge in [-0.2, -0.15) is 0 Å². The number of nitrogens with zero attached hydrogens (tertiary/aromatic N) is 1. The molecule has 2 aromatic rings. The molecule has 26 heavy (non-hydrogen) atoms. The number of amides is 1. The fourth-order valence-corrected chi connectivity index (χ4v) is 3.37. The van der Waals surface area contributed by atoms with Crippen LogP contribution in [0.4, 0.5) is 0 Å². The number of ether oxygens (including phenoxy) is 1. The van der Waals surface area contributed by atoms with E-state index in [4.69, 9.17) is 4.74 Å². The Morgan fingerprint density at radius 2 is 2.00 bits per heavy atom. The molecule has 6 nitrogen and oxygen atoms in total. The van der Waals surface area contributed by atoms with Crippen LogP contribution in [0.3, 0.4) is 0 Å². The molecule has 1 aliphatic rings. The lowest BCUT2D eigenvalue weighted by molar-refractivity contribution is 0.0926. The van der Waals surface area contributed by atoms with E-state index in [9.17, 15) is 9.90 Å². The van der Waals surface area contributed by atoms with E-state index in [0.717, 1.165) is 29.4 Å². The normalized spacial score (nSPS) is 19.1. The summed E-state index contributed by atoms with van der Waals surface area (Å²) in [5, 5.41) is 15.9. The van der Waals surface area contributed by atoms with Crippen molar-refractivity contribution in [2.24, 2.45) is 5.92 Å². The Hall–Kier alpha value is -2.02. The topological polar surface area (TPSA) is 75.5 Å². The number of β-amino-alcohol motifs (C(OH)–C–C–N with tert-alkyl or cyclic N) is 1. The number of carbonyl (C=O) groups is 1. The summed E-state index contributed by atoms with van der Waals surface area (Å²) in [4.78, 5) is 12.6. The smallest absolute Gasteiger partial charge is 0.253 e. The highest BCUT2D eigenvalue weighted by Gasteiger charge is 2.26. The lowest BCUT2D eigenvalue weighted by Crippen LogP contribution is -2.34. The van der Waals surface area contributed by atoms with Gasteiger partial charge in [0.25, 0.3) is 5.91 Å². The van der Waals surface area contributed by atoms with Crippen LogP contribution in [-0.4, -0.2) is 48.4 Å². The van der Waals surface area contributed by atoms with Crippen molar-refractivity contribution in [3.8, 4) is 11.4 Å². The zero-order chi connectivity index (χ0) is 18.0. The van der Waals surface area contributed by atoms with Gasteiger partial charge < -0.3 is 25.0 Å². The van der Waals surface area contributed by atoms with Gasteiger partial charge >= 0.3 is 0 Å². The molecule has 1 aromatic heterocycles. The lowest BCUT2D eigenvalue weighted by Gasteiger charge is -2.14. The predicted octanol–water partition coefficient (Wildman–Crippen LogP) is 1.83. The first-order valence-corrected chi connectivity index (χ1v) is 8.51. The summed E-state index contributed by atoms with van der Waals surface area (Å²) >= 11 is 0. The summed E-state index contributed by atoms with van der Waals surface area (Å²) in [5.74, 6) is 0.758. The second-order valence-electron chi connectivity index (χ2n) is 6.51. The molecule has 2 heterocycles. The fraction of sp³-hybridized carbons (Fsp3) is 0.421. The number of carbonyl (C=O) groups excluding carboxylic acids is 1. The van der Waals surface area contributed by atoms with Crippen LogP contribution >= 0.6 is 12.4 Å². The highest BCUT2D eigenvalue weighted by atomic mass is 35.5. The molecular formula is C19H26ClN3O3. The van der Waals surface area contributed by atoms with Gasteiger partial charge in [0.1, 0.15) is 5.75 Å². The summed E-state index contributed by atoms with van der Waals surface area (Å²) in [6.07, 6.45) is -0.396. The highest BCUT2D eigenvalue weighted by Crippen LogP contribution is 2.23. The minimum atomic E-state index is -0.396. The summed E-state index contributed by atoms with van der Waals surface area (Å²) < 4.78 is 7.26. The zero-order valence-corrected chi connectivity index (χ0v) is 16.1. The molecule has 1 aromatic carbocycles. The van der Waals surface area contributed by atoms with E-state index in [1.807, 2.05) is 44.2 Å². The minimum Gasteiger partial charge on any atom is -0.497 e. The Balaban J connectivity index is 0.00000243. The number of aromatic nitrogens is 1. The number of hydrogen-bond donors (Lipinski definition) is 3. The predicted molar refractivity (Wildman–Crippen MR) is 104 cm³/mol. The van der Waals surface area contributed by atoms with Gasteiger partial charge in [0, 0.05) is 42.6 Å². The maximum atomic E-state index is 12.6. The van der Waals surface area contributed by atoms with E-state index in [2.05, 4.69) is 15.2 Å². The van der Waals surface area contributed by atoms with Crippen LogP contribution in [-0.2, 0) is 0 Å². The molecule has 0 radical (unpaired) electrons. The SMILES string of the molecule is COc1ccc(-n2c(C)cc(C(=O)NCC3CNCC3O)c2C)cc1.Cl. The van der Waals surface area contributed by atoms with Crippen LogP contribution in [0.15, 0.2) is 30.3 Å². The van der Waals surface area contributed by atoms with E-state index in [0.29, 0.717) is 18.7 Å². The van der Waals surface area contributed by atoms with Gasteiger partial charge in [0.15, 0.2) is 0 Å². The average molecular weight is 380 g/mol. The maximum Gasteiger partial charge on any atom is 0.253 e. The van der Waals surface area contributed by atoms with E-state index < -0.39 is 6.10 Å². The van der Waals surface area contributed by atoms with Crippen LogP contribution in [0.1, 0.15) is 21.7 Å². The van der Waals surface area contributed by atoms with Crippen LogP contribution in [0.2, 0.25) is 0 Å². The molecule has 7 heteroatoms. The van der Waals surface area contributed by atoms with Gasteiger partial charge in [-0.1, -0.05) is 0 Å². The van der Waals surface area contributed by atoms with Gasteiger partial charge in [0.2, 0.25) is 0 Å². The number of benzene rings is 1. The van der Waals surface area contributed by atoms with Crippen molar-refractivity contribution < 1.29 is 14.6 Å². The highest BCUT2D eigenvalue weighted by molar-refractivity contribution is 5.95. The molecule has 0 bridgehead atoms. The Morgan fingerprint density at radius 1 is 1.31 bits per heavy atom. The van der Waals surface area contributed by atoms with Crippen molar-refractivity contribution in [2.75, 3.05) is 26.7 Å². The van der Waals surface area contributed by atoms with E-state index in [1.54, 1.807) is 7.11 Å². The standard InChI is InChI=1S/C19H25N3O3.ClH/c1-12-8-17(19(24)21-10-14-9-20-11-18(14)23)13(2)22(12)15-4-6-16(25-3)7-5-15;/h4-8,14,18,20,23H,9-11H2,1-3H3,(H,21,24);1H. The molecule has 1 amide bonds. The molecule has 0 spiro atoms. The van der Waals surface area contributed by atoms with Crippen molar-refractivity contribution in [1.82, 2.24) is 15.2 Å². The van der Waals surface area contributed by atoms with Crippen LogP contribution in [0.25, 0.3) is 5.69 Å². The molecule has 2 atom stereocenters. The number of aryl methyl sites for hydroxylation is 1. The lowest BCUT2D eigenvalue weighted by atomic mass is 10.1. The van der Waals surface area contributed by atoms with Gasteiger partial charge in [-0.05, 0) is 44.2 Å². The first-order valence-electron chi connectivity index (χ1n) is 8.51. The zero-order valence-electron chi connectivity index (χ0n) is 15.3. The summed E-state index contributed by atoms with van der Waals surface area (Å²) in [6.45, 7) is 5.72. The van der Waals surface area contributed by atoms with Gasteiger partial charge in [-0.25, -0.2) is 0 Å². The molecule has 1 fully saturated rings.